The van der Waals surface area contributed by atoms with Crippen LogP contribution in [0, 0.1) is 5.82 Å². The number of benzene rings is 3. The first kappa shape index (κ1) is 23.4. The number of hydrogen-bond donors (Lipinski definition) is 2. The predicted octanol–water partition coefficient (Wildman–Crippen LogP) is 4.77. The van der Waals surface area contributed by atoms with Crippen molar-refractivity contribution in [1.82, 2.24) is 5.32 Å². The predicted molar refractivity (Wildman–Crippen MR) is 126 cm³/mol. The summed E-state index contributed by atoms with van der Waals surface area (Å²) in [5.74, 6) is 2.14. The van der Waals surface area contributed by atoms with Crippen LogP contribution in [0.5, 0.6) is 23.0 Å². The Balaban J connectivity index is 1.33. The first-order chi connectivity index (χ1) is 16.0. The Bertz CT molecular complexity index is 1090. The minimum Gasteiger partial charge on any atom is -0.493 e. The lowest BCUT2D eigenvalue weighted by molar-refractivity contribution is 0.105. The van der Waals surface area contributed by atoms with Crippen LogP contribution in [0.3, 0.4) is 0 Å². The fourth-order valence-corrected chi connectivity index (χ4v) is 4.11. The number of aliphatic hydroxyl groups excluding tert-OH is 1. The van der Waals surface area contributed by atoms with Gasteiger partial charge >= 0.3 is 0 Å². The molecule has 4 rings (SSSR count). The molecule has 1 unspecified atom stereocenters. The fraction of sp³-hybridized carbons (Fsp3) is 0.280. The van der Waals surface area contributed by atoms with Crippen LogP contribution < -0.4 is 24.3 Å². The lowest BCUT2D eigenvalue weighted by Gasteiger charge is -2.17. The van der Waals surface area contributed by atoms with Crippen LogP contribution in [0.1, 0.15) is 22.8 Å². The molecule has 6 nitrogen and oxygen atoms in total. The van der Waals surface area contributed by atoms with E-state index in [2.05, 4.69) is 21.2 Å². The molecule has 1 aliphatic rings. The second kappa shape index (κ2) is 10.9. The van der Waals surface area contributed by atoms with Gasteiger partial charge < -0.3 is 29.4 Å². The molecule has 0 radical (unpaired) electrons. The highest BCUT2D eigenvalue weighted by molar-refractivity contribution is 9.10. The standard InChI is InChI=1S/C25H25BrFNO5/c1-30-24-11-17(13-28-9-8-16-2-5-19(27)6-3-16)10-20(26)25(24)31-14-21(29)18-4-7-22-23(12-18)33-15-32-22/h2-7,10-12,21,28-29H,8-9,13-15H2,1H3. The zero-order valence-electron chi connectivity index (χ0n) is 18.1. The van der Waals surface area contributed by atoms with Gasteiger partial charge in [-0.15, -0.1) is 0 Å². The van der Waals surface area contributed by atoms with Crippen molar-refractivity contribution >= 4 is 15.9 Å². The van der Waals surface area contributed by atoms with Crippen molar-refractivity contribution in [2.45, 2.75) is 19.1 Å². The van der Waals surface area contributed by atoms with Gasteiger partial charge in [-0.1, -0.05) is 18.2 Å². The molecule has 1 atom stereocenters. The van der Waals surface area contributed by atoms with E-state index in [0.717, 1.165) is 28.6 Å². The molecule has 3 aromatic rings. The third-order valence-electron chi connectivity index (χ3n) is 5.29. The fourth-order valence-electron chi connectivity index (χ4n) is 3.51. The molecule has 0 saturated heterocycles. The van der Waals surface area contributed by atoms with Crippen LogP contribution >= 0.6 is 15.9 Å². The normalized spacial score (nSPS) is 13.1. The highest BCUT2D eigenvalue weighted by Crippen LogP contribution is 2.38. The summed E-state index contributed by atoms with van der Waals surface area (Å²) in [6.45, 7) is 1.62. The van der Waals surface area contributed by atoms with Gasteiger partial charge in [-0.05, 0) is 82.0 Å². The van der Waals surface area contributed by atoms with Crippen molar-refractivity contribution in [2.75, 3.05) is 27.1 Å². The van der Waals surface area contributed by atoms with Gasteiger partial charge in [0.05, 0.1) is 11.6 Å². The molecule has 0 fully saturated rings. The molecule has 33 heavy (non-hydrogen) atoms. The molecule has 8 heteroatoms. The molecule has 1 heterocycles. The number of ether oxygens (including phenoxy) is 4. The minimum absolute atomic E-state index is 0.0455. The van der Waals surface area contributed by atoms with Gasteiger partial charge in [0.15, 0.2) is 23.0 Å². The van der Waals surface area contributed by atoms with E-state index < -0.39 is 6.10 Å². The third-order valence-corrected chi connectivity index (χ3v) is 5.88. The Morgan fingerprint density at radius 2 is 1.85 bits per heavy atom. The second-order valence-corrected chi connectivity index (χ2v) is 8.46. The van der Waals surface area contributed by atoms with Crippen LogP contribution in [-0.2, 0) is 13.0 Å². The Labute approximate surface area is 200 Å². The minimum atomic E-state index is -0.844. The Morgan fingerprint density at radius 1 is 1.06 bits per heavy atom. The smallest absolute Gasteiger partial charge is 0.231 e. The lowest BCUT2D eigenvalue weighted by atomic mass is 10.1. The molecular weight excluding hydrogens is 493 g/mol. The summed E-state index contributed by atoms with van der Waals surface area (Å²) in [7, 11) is 1.58. The van der Waals surface area contributed by atoms with Crippen molar-refractivity contribution in [1.29, 1.82) is 0 Å². The molecule has 0 amide bonds. The molecule has 2 N–H and O–H groups in total. The number of aliphatic hydroxyl groups is 1. The summed E-state index contributed by atoms with van der Waals surface area (Å²) in [4.78, 5) is 0. The van der Waals surface area contributed by atoms with E-state index in [1.54, 1.807) is 37.4 Å². The van der Waals surface area contributed by atoms with Crippen LogP contribution in [0.2, 0.25) is 0 Å². The van der Waals surface area contributed by atoms with E-state index in [4.69, 9.17) is 18.9 Å². The largest absolute Gasteiger partial charge is 0.493 e. The van der Waals surface area contributed by atoms with Crippen LogP contribution in [0.4, 0.5) is 4.39 Å². The van der Waals surface area contributed by atoms with Crippen LogP contribution in [0.15, 0.2) is 59.1 Å². The van der Waals surface area contributed by atoms with Gasteiger partial charge in [-0.25, -0.2) is 4.39 Å². The van der Waals surface area contributed by atoms with Gasteiger partial charge in [-0.2, -0.15) is 0 Å². The summed E-state index contributed by atoms with van der Waals surface area (Å²) in [6.07, 6.45) is -0.0405. The van der Waals surface area contributed by atoms with Crippen molar-refractivity contribution in [3.05, 3.63) is 81.6 Å². The summed E-state index contributed by atoms with van der Waals surface area (Å²) >= 11 is 3.55. The topological polar surface area (TPSA) is 69.2 Å². The van der Waals surface area contributed by atoms with Crippen LogP contribution in [-0.4, -0.2) is 32.2 Å². The summed E-state index contributed by atoms with van der Waals surface area (Å²) < 4.78 is 35.8. The van der Waals surface area contributed by atoms with Crippen molar-refractivity contribution < 1.29 is 28.4 Å². The van der Waals surface area contributed by atoms with Crippen molar-refractivity contribution in [2.24, 2.45) is 0 Å². The van der Waals surface area contributed by atoms with Crippen LogP contribution in [0.25, 0.3) is 0 Å². The molecule has 0 aromatic heterocycles. The zero-order chi connectivity index (χ0) is 23.2. The third kappa shape index (κ3) is 5.96. The van der Waals surface area contributed by atoms with E-state index in [9.17, 15) is 9.50 Å². The van der Waals surface area contributed by atoms with E-state index in [0.29, 0.717) is 35.1 Å². The number of methoxy groups -OCH3 is 1. The van der Waals surface area contributed by atoms with Gasteiger partial charge in [0.25, 0.3) is 0 Å². The Kier molecular flexibility index (Phi) is 7.69. The summed E-state index contributed by atoms with van der Waals surface area (Å²) in [5.41, 5.74) is 2.77. The Hall–Kier alpha value is -2.81. The number of halogens is 2. The van der Waals surface area contributed by atoms with Gasteiger partial charge in [0, 0.05) is 6.54 Å². The van der Waals surface area contributed by atoms with E-state index >= 15 is 0 Å². The van der Waals surface area contributed by atoms with E-state index in [1.807, 2.05) is 12.1 Å². The molecule has 0 aliphatic carbocycles. The Morgan fingerprint density at radius 3 is 2.64 bits per heavy atom. The average Bonchev–Trinajstić information content (AvgIpc) is 3.29. The highest BCUT2D eigenvalue weighted by atomic mass is 79.9. The molecular formula is C25H25BrFNO5. The van der Waals surface area contributed by atoms with E-state index in [-0.39, 0.29) is 19.2 Å². The molecule has 0 bridgehead atoms. The number of nitrogens with one attached hydrogen (secondary N) is 1. The quantitative estimate of drug-likeness (QED) is 0.377. The molecule has 0 spiro atoms. The number of rotatable bonds is 10. The monoisotopic (exact) mass is 517 g/mol. The number of hydrogen-bond acceptors (Lipinski definition) is 6. The maximum Gasteiger partial charge on any atom is 0.231 e. The van der Waals surface area contributed by atoms with E-state index in [1.165, 1.54) is 12.1 Å². The zero-order valence-corrected chi connectivity index (χ0v) is 19.7. The molecule has 3 aromatic carbocycles. The van der Waals surface area contributed by atoms with Crippen molar-refractivity contribution in [3.8, 4) is 23.0 Å². The summed E-state index contributed by atoms with van der Waals surface area (Å²) in [6, 6.07) is 15.7. The van der Waals surface area contributed by atoms with Gasteiger partial charge in [0.1, 0.15) is 18.5 Å². The van der Waals surface area contributed by atoms with Gasteiger partial charge in [0.2, 0.25) is 6.79 Å². The first-order valence-electron chi connectivity index (χ1n) is 10.6. The highest BCUT2D eigenvalue weighted by Gasteiger charge is 2.19. The average molecular weight is 518 g/mol. The summed E-state index contributed by atoms with van der Waals surface area (Å²) in [5, 5.41) is 13.9. The maximum absolute atomic E-state index is 13.0. The lowest BCUT2D eigenvalue weighted by Crippen LogP contribution is -2.17. The molecule has 1 aliphatic heterocycles. The molecule has 0 saturated carbocycles. The molecule has 174 valence electrons. The second-order valence-electron chi connectivity index (χ2n) is 7.60. The SMILES string of the molecule is COc1cc(CNCCc2ccc(F)cc2)cc(Br)c1OCC(O)c1ccc2c(c1)OCO2. The number of fused-ring (bicyclic) bond motifs is 1. The van der Waals surface area contributed by atoms with Gasteiger partial charge in [-0.3, -0.25) is 0 Å². The van der Waals surface area contributed by atoms with Crippen molar-refractivity contribution in [3.63, 3.8) is 0 Å². The first-order valence-corrected chi connectivity index (χ1v) is 11.3. The maximum atomic E-state index is 13.0.